The van der Waals surface area contributed by atoms with Crippen molar-refractivity contribution < 1.29 is 4.74 Å². The fourth-order valence-electron chi connectivity index (χ4n) is 3.26. The number of nitrogens with zero attached hydrogens (tertiary/aromatic N) is 1. The lowest BCUT2D eigenvalue weighted by atomic mass is 9.86. The van der Waals surface area contributed by atoms with Crippen LogP contribution in [0.25, 0.3) is 0 Å². The molecule has 1 atom stereocenters. The first-order valence-electron chi connectivity index (χ1n) is 7.60. The lowest BCUT2D eigenvalue weighted by molar-refractivity contribution is -0.0709. The van der Waals surface area contributed by atoms with Crippen molar-refractivity contribution in [3.8, 4) is 0 Å². The zero-order valence-electron chi connectivity index (χ0n) is 12.2. The van der Waals surface area contributed by atoms with Gasteiger partial charge in [-0.1, -0.05) is 30.3 Å². The van der Waals surface area contributed by atoms with Crippen LogP contribution in [0.5, 0.6) is 0 Å². The quantitative estimate of drug-likeness (QED) is 0.915. The Morgan fingerprint density at radius 3 is 2.65 bits per heavy atom. The fourth-order valence-corrected chi connectivity index (χ4v) is 3.26. The highest BCUT2D eigenvalue weighted by Crippen LogP contribution is 2.31. The highest BCUT2D eigenvalue weighted by atomic mass is 16.5. The Morgan fingerprint density at radius 1 is 1.25 bits per heavy atom. The predicted molar refractivity (Wildman–Crippen MR) is 81.1 cm³/mol. The van der Waals surface area contributed by atoms with E-state index in [2.05, 4.69) is 47.5 Å². The van der Waals surface area contributed by atoms with E-state index in [9.17, 15) is 0 Å². The summed E-state index contributed by atoms with van der Waals surface area (Å²) in [7, 11) is 0. The van der Waals surface area contributed by atoms with E-state index in [0.717, 1.165) is 26.2 Å². The number of benzene rings is 1. The van der Waals surface area contributed by atoms with Gasteiger partial charge in [0.05, 0.1) is 6.26 Å². The Morgan fingerprint density at radius 2 is 2.00 bits per heavy atom. The molecule has 1 saturated heterocycles. The third-order valence-corrected chi connectivity index (χ3v) is 4.60. The first kappa shape index (κ1) is 13.7. The third kappa shape index (κ3) is 3.05. The molecule has 1 aromatic rings. The number of piperidine rings is 1. The van der Waals surface area contributed by atoms with Gasteiger partial charge in [0.2, 0.25) is 0 Å². The highest BCUT2D eigenvalue weighted by molar-refractivity contribution is 5.14. The van der Waals surface area contributed by atoms with Gasteiger partial charge in [0, 0.05) is 19.0 Å². The molecule has 1 N–H and O–H groups in total. The van der Waals surface area contributed by atoms with Crippen LogP contribution in [0, 0.1) is 5.92 Å². The molecule has 0 amide bonds. The molecule has 3 heteroatoms. The first-order chi connectivity index (χ1) is 9.76. The van der Waals surface area contributed by atoms with Crippen molar-refractivity contribution in [2.75, 3.05) is 19.6 Å². The second-order valence-electron chi connectivity index (χ2n) is 6.01. The maximum Gasteiger partial charge on any atom is 0.160 e. The van der Waals surface area contributed by atoms with Crippen LogP contribution in [0.2, 0.25) is 0 Å². The zero-order chi connectivity index (χ0) is 13.8. The number of hydrogen-bond acceptors (Lipinski definition) is 3. The van der Waals surface area contributed by atoms with Crippen molar-refractivity contribution in [3.63, 3.8) is 0 Å². The van der Waals surface area contributed by atoms with Gasteiger partial charge in [0.1, 0.15) is 0 Å². The molecule has 3 nitrogen and oxygen atoms in total. The van der Waals surface area contributed by atoms with Crippen molar-refractivity contribution in [1.82, 2.24) is 10.2 Å². The van der Waals surface area contributed by atoms with E-state index in [1.807, 2.05) is 12.3 Å². The Kier molecular flexibility index (Phi) is 4.08. The lowest BCUT2D eigenvalue weighted by Crippen LogP contribution is -2.54. The summed E-state index contributed by atoms with van der Waals surface area (Å²) in [6.07, 6.45) is 6.29. The zero-order valence-corrected chi connectivity index (χ0v) is 12.2. The topological polar surface area (TPSA) is 24.5 Å². The maximum atomic E-state index is 5.85. The van der Waals surface area contributed by atoms with E-state index in [0.29, 0.717) is 5.92 Å². The molecular formula is C17H24N2O. The Hall–Kier alpha value is -1.32. The third-order valence-electron chi connectivity index (χ3n) is 4.60. The summed E-state index contributed by atoms with van der Waals surface area (Å²) in [5.41, 5.74) is 1.24. The Balaban J connectivity index is 1.53. The van der Waals surface area contributed by atoms with E-state index >= 15 is 0 Å². The summed E-state index contributed by atoms with van der Waals surface area (Å²) in [5, 5.41) is 3.50. The number of likely N-dealkylation sites (tertiary alicyclic amines) is 1. The van der Waals surface area contributed by atoms with Crippen LogP contribution in [0.15, 0.2) is 42.7 Å². The second-order valence-corrected chi connectivity index (χ2v) is 6.01. The van der Waals surface area contributed by atoms with Gasteiger partial charge < -0.3 is 4.74 Å². The first-order valence-corrected chi connectivity index (χ1v) is 7.60. The summed E-state index contributed by atoms with van der Waals surface area (Å²) in [6, 6.07) is 10.7. The summed E-state index contributed by atoms with van der Waals surface area (Å²) < 4.78 is 5.85. The standard InChI is InChI=1S/C17H24N2O/c1-17(18-10-5-13-20-17)16-8-11-19(12-9-16)14-15-6-3-2-4-7-15/h2-7,13,16,18H,8-12,14H2,1H3. The van der Waals surface area contributed by atoms with Crippen LogP contribution < -0.4 is 5.32 Å². The summed E-state index contributed by atoms with van der Waals surface area (Å²) in [5.74, 6) is 0.597. The average molecular weight is 272 g/mol. The molecule has 1 aromatic carbocycles. The molecule has 0 bridgehead atoms. The largest absolute Gasteiger partial charge is 0.481 e. The van der Waals surface area contributed by atoms with E-state index in [1.165, 1.54) is 18.4 Å². The SMILES string of the molecule is CC1(C2CCN(Cc3ccccc3)CC2)NCC=CO1. The Bertz CT molecular complexity index is 451. The van der Waals surface area contributed by atoms with E-state index in [-0.39, 0.29) is 5.72 Å². The lowest BCUT2D eigenvalue weighted by Gasteiger charge is -2.43. The van der Waals surface area contributed by atoms with Crippen LogP contribution in [0.3, 0.4) is 0 Å². The van der Waals surface area contributed by atoms with Crippen molar-refractivity contribution in [1.29, 1.82) is 0 Å². The van der Waals surface area contributed by atoms with Crippen molar-refractivity contribution in [2.24, 2.45) is 5.92 Å². The maximum absolute atomic E-state index is 5.85. The molecular weight excluding hydrogens is 248 g/mol. The Labute approximate surface area is 121 Å². The monoisotopic (exact) mass is 272 g/mol. The molecule has 3 rings (SSSR count). The summed E-state index contributed by atoms with van der Waals surface area (Å²) in [4.78, 5) is 2.55. The van der Waals surface area contributed by atoms with Crippen molar-refractivity contribution in [2.45, 2.75) is 32.0 Å². The predicted octanol–water partition coefficient (Wildman–Crippen LogP) is 2.75. The summed E-state index contributed by atoms with van der Waals surface area (Å²) in [6.45, 7) is 6.49. The van der Waals surface area contributed by atoms with Crippen LogP contribution in [-0.4, -0.2) is 30.3 Å². The molecule has 0 saturated carbocycles. The van der Waals surface area contributed by atoms with Gasteiger partial charge in [-0.05, 0) is 44.5 Å². The molecule has 0 aliphatic carbocycles. The highest BCUT2D eigenvalue weighted by Gasteiger charge is 2.37. The normalized spacial score (nSPS) is 28.2. The van der Waals surface area contributed by atoms with Gasteiger partial charge >= 0.3 is 0 Å². The molecule has 2 aliphatic rings. The van der Waals surface area contributed by atoms with Gasteiger partial charge in [-0.2, -0.15) is 0 Å². The van der Waals surface area contributed by atoms with Gasteiger partial charge in [-0.25, -0.2) is 0 Å². The number of nitrogens with one attached hydrogen (secondary N) is 1. The molecule has 0 aromatic heterocycles. The molecule has 20 heavy (non-hydrogen) atoms. The smallest absolute Gasteiger partial charge is 0.160 e. The van der Waals surface area contributed by atoms with Crippen LogP contribution >= 0.6 is 0 Å². The second kappa shape index (κ2) is 5.98. The molecule has 108 valence electrons. The number of rotatable bonds is 3. The van der Waals surface area contributed by atoms with E-state index < -0.39 is 0 Å². The van der Waals surface area contributed by atoms with Crippen molar-refractivity contribution in [3.05, 3.63) is 48.2 Å². The molecule has 0 spiro atoms. The minimum absolute atomic E-state index is 0.173. The van der Waals surface area contributed by atoms with Gasteiger partial charge in [-0.15, -0.1) is 0 Å². The number of hydrogen-bond donors (Lipinski definition) is 1. The van der Waals surface area contributed by atoms with Gasteiger partial charge in [0.25, 0.3) is 0 Å². The molecule has 1 unspecified atom stereocenters. The van der Waals surface area contributed by atoms with Crippen LogP contribution in [-0.2, 0) is 11.3 Å². The minimum Gasteiger partial charge on any atom is -0.481 e. The van der Waals surface area contributed by atoms with E-state index in [1.54, 1.807) is 0 Å². The molecule has 1 fully saturated rings. The molecule has 0 radical (unpaired) electrons. The summed E-state index contributed by atoms with van der Waals surface area (Å²) >= 11 is 0. The van der Waals surface area contributed by atoms with E-state index in [4.69, 9.17) is 4.74 Å². The van der Waals surface area contributed by atoms with Crippen molar-refractivity contribution >= 4 is 0 Å². The van der Waals surface area contributed by atoms with Gasteiger partial charge in [-0.3, -0.25) is 10.2 Å². The van der Waals surface area contributed by atoms with Crippen LogP contribution in [0.1, 0.15) is 25.3 Å². The molecule has 2 heterocycles. The van der Waals surface area contributed by atoms with Crippen LogP contribution in [0.4, 0.5) is 0 Å². The minimum atomic E-state index is -0.173. The molecule has 2 aliphatic heterocycles. The number of ether oxygens (including phenoxy) is 1. The fraction of sp³-hybridized carbons (Fsp3) is 0.529. The van der Waals surface area contributed by atoms with Gasteiger partial charge in [0.15, 0.2) is 5.72 Å². The average Bonchev–Trinajstić information content (AvgIpc) is 2.50.